The maximum atomic E-state index is 12.4. The molecule has 1 heterocycles. The number of carbonyl (C=O) groups is 2. The summed E-state index contributed by atoms with van der Waals surface area (Å²) >= 11 is 0. The molecule has 1 aliphatic rings. The van der Waals surface area contributed by atoms with Crippen molar-refractivity contribution in [2.75, 3.05) is 6.54 Å². The van der Waals surface area contributed by atoms with Gasteiger partial charge in [0, 0.05) is 13.1 Å². The Bertz CT molecular complexity index is 578. The molecule has 1 unspecified atom stereocenters. The summed E-state index contributed by atoms with van der Waals surface area (Å²) in [6, 6.07) is 7.58. The van der Waals surface area contributed by atoms with E-state index in [4.69, 9.17) is 4.74 Å². The van der Waals surface area contributed by atoms with E-state index >= 15 is 0 Å². The number of ether oxygens (including phenoxy) is 1. The van der Waals surface area contributed by atoms with Crippen molar-refractivity contribution in [2.45, 2.75) is 58.7 Å². The normalized spacial score (nSPS) is 17.9. The first-order valence-electron chi connectivity index (χ1n) is 8.09. The number of carbonyl (C=O) groups excluding carboxylic acids is 2. The molecule has 0 aromatic heterocycles. The van der Waals surface area contributed by atoms with Crippen LogP contribution in [0.1, 0.15) is 44.7 Å². The number of amides is 2. The van der Waals surface area contributed by atoms with Crippen molar-refractivity contribution >= 4 is 12.0 Å². The summed E-state index contributed by atoms with van der Waals surface area (Å²) in [6.07, 6.45) is 1.09. The third-order valence-corrected chi connectivity index (χ3v) is 3.73. The second kappa shape index (κ2) is 7.02. The molecule has 0 spiro atoms. The molecule has 23 heavy (non-hydrogen) atoms. The lowest BCUT2D eigenvalue weighted by atomic mass is 10.1. The second-order valence-corrected chi connectivity index (χ2v) is 7.04. The van der Waals surface area contributed by atoms with Gasteiger partial charge < -0.3 is 10.1 Å². The molecule has 0 bridgehead atoms. The molecule has 5 heteroatoms. The van der Waals surface area contributed by atoms with Crippen LogP contribution >= 0.6 is 0 Å². The Kier molecular flexibility index (Phi) is 5.29. The van der Waals surface area contributed by atoms with Gasteiger partial charge in [0.15, 0.2) is 0 Å². The standard InChI is InChI=1S/C18H26N2O3/c1-13-7-5-8-14(11-13)12-19-16(21)15-9-6-10-20(15)17(22)23-18(2,3)4/h5,7-8,11,15H,6,9-10,12H2,1-4H3,(H,19,21). The third-order valence-electron chi connectivity index (χ3n) is 3.73. The molecule has 0 aliphatic carbocycles. The molecule has 126 valence electrons. The van der Waals surface area contributed by atoms with Gasteiger partial charge in [0.05, 0.1) is 0 Å². The number of aryl methyl sites for hydroxylation is 1. The van der Waals surface area contributed by atoms with E-state index in [9.17, 15) is 9.59 Å². The quantitative estimate of drug-likeness (QED) is 0.932. The van der Waals surface area contributed by atoms with Crippen molar-refractivity contribution in [3.63, 3.8) is 0 Å². The zero-order valence-corrected chi connectivity index (χ0v) is 14.4. The van der Waals surface area contributed by atoms with Gasteiger partial charge in [-0.05, 0) is 46.1 Å². The highest BCUT2D eigenvalue weighted by Crippen LogP contribution is 2.21. The smallest absolute Gasteiger partial charge is 0.410 e. The Labute approximate surface area is 138 Å². The minimum Gasteiger partial charge on any atom is -0.444 e. The molecule has 1 saturated heterocycles. The summed E-state index contributed by atoms with van der Waals surface area (Å²) in [6.45, 7) is 8.54. The topological polar surface area (TPSA) is 58.6 Å². The fraction of sp³-hybridized carbons (Fsp3) is 0.556. The molecule has 1 atom stereocenters. The van der Waals surface area contributed by atoms with E-state index in [0.717, 1.165) is 17.5 Å². The molecule has 2 rings (SSSR count). The number of benzene rings is 1. The van der Waals surface area contributed by atoms with E-state index in [-0.39, 0.29) is 5.91 Å². The molecule has 2 amide bonds. The third kappa shape index (κ3) is 4.98. The Morgan fingerprint density at radius 2 is 2.09 bits per heavy atom. The van der Waals surface area contributed by atoms with Crippen LogP contribution in [-0.2, 0) is 16.1 Å². The molecule has 1 aromatic carbocycles. The molecule has 5 nitrogen and oxygen atoms in total. The van der Waals surface area contributed by atoms with Crippen molar-refractivity contribution < 1.29 is 14.3 Å². The maximum absolute atomic E-state index is 12.4. The lowest BCUT2D eigenvalue weighted by molar-refractivity contribution is -0.125. The fourth-order valence-corrected chi connectivity index (χ4v) is 2.71. The largest absolute Gasteiger partial charge is 0.444 e. The van der Waals surface area contributed by atoms with Crippen LogP contribution < -0.4 is 5.32 Å². The highest BCUT2D eigenvalue weighted by molar-refractivity contribution is 5.86. The van der Waals surface area contributed by atoms with Gasteiger partial charge in [-0.1, -0.05) is 29.8 Å². The lowest BCUT2D eigenvalue weighted by Crippen LogP contribution is -2.47. The summed E-state index contributed by atoms with van der Waals surface area (Å²) in [4.78, 5) is 26.2. The minimum absolute atomic E-state index is 0.116. The predicted octanol–water partition coefficient (Wildman–Crippen LogP) is 3.01. The zero-order valence-electron chi connectivity index (χ0n) is 14.4. The van der Waals surface area contributed by atoms with E-state index < -0.39 is 17.7 Å². The van der Waals surface area contributed by atoms with Crippen molar-refractivity contribution in [1.29, 1.82) is 0 Å². The molecule has 1 aliphatic heterocycles. The van der Waals surface area contributed by atoms with E-state index in [1.54, 1.807) is 0 Å². The van der Waals surface area contributed by atoms with Gasteiger partial charge in [0.1, 0.15) is 11.6 Å². The van der Waals surface area contributed by atoms with E-state index in [0.29, 0.717) is 19.5 Å². The van der Waals surface area contributed by atoms with Crippen molar-refractivity contribution in [2.24, 2.45) is 0 Å². The first kappa shape index (κ1) is 17.3. The lowest BCUT2D eigenvalue weighted by Gasteiger charge is -2.28. The molecule has 1 N–H and O–H groups in total. The highest BCUT2D eigenvalue weighted by Gasteiger charge is 2.36. The van der Waals surface area contributed by atoms with Gasteiger partial charge in [-0.25, -0.2) is 4.79 Å². The van der Waals surface area contributed by atoms with E-state index in [2.05, 4.69) is 5.32 Å². The second-order valence-electron chi connectivity index (χ2n) is 7.04. The summed E-state index contributed by atoms with van der Waals surface area (Å²) in [5, 5.41) is 2.93. The number of likely N-dealkylation sites (tertiary alicyclic amines) is 1. The molecule has 0 radical (unpaired) electrons. The highest BCUT2D eigenvalue weighted by atomic mass is 16.6. The molecular weight excluding hydrogens is 292 g/mol. The number of nitrogens with zero attached hydrogens (tertiary/aromatic N) is 1. The molecule has 1 fully saturated rings. The first-order valence-corrected chi connectivity index (χ1v) is 8.09. The maximum Gasteiger partial charge on any atom is 0.410 e. The van der Waals surface area contributed by atoms with Crippen LogP contribution in [0.4, 0.5) is 4.79 Å². The Balaban J connectivity index is 1.94. The van der Waals surface area contributed by atoms with Crippen LogP contribution in [0.25, 0.3) is 0 Å². The van der Waals surface area contributed by atoms with Gasteiger partial charge in [0.25, 0.3) is 0 Å². The summed E-state index contributed by atoms with van der Waals surface area (Å²) in [5.41, 5.74) is 1.66. The number of nitrogens with one attached hydrogen (secondary N) is 1. The average molecular weight is 318 g/mol. The van der Waals surface area contributed by atoms with Gasteiger partial charge in [-0.15, -0.1) is 0 Å². The van der Waals surface area contributed by atoms with Crippen LogP contribution in [0.5, 0.6) is 0 Å². The first-order chi connectivity index (χ1) is 10.8. The van der Waals surface area contributed by atoms with Crippen LogP contribution in [0, 0.1) is 6.92 Å². The zero-order chi connectivity index (χ0) is 17.0. The Morgan fingerprint density at radius 3 is 2.74 bits per heavy atom. The van der Waals surface area contributed by atoms with Crippen molar-refractivity contribution in [3.05, 3.63) is 35.4 Å². The van der Waals surface area contributed by atoms with Crippen LogP contribution in [0.2, 0.25) is 0 Å². The SMILES string of the molecule is Cc1cccc(CNC(=O)C2CCCN2C(=O)OC(C)(C)C)c1. The molecule has 0 saturated carbocycles. The summed E-state index contributed by atoms with van der Waals surface area (Å²) in [7, 11) is 0. The van der Waals surface area contributed by atoms with Crippen LogP contribution in [0.3, 0.4) is 0 Å². The van der Waals surface area contributed by atoms with Gasteiger partial charge in [-0.3, -0.25) is 9.69 Å². The predicted molar refractivity (Wildman–Crippen MR) is 89.0 cm³/mol. The van der Waals surface area contributed by atoms with Gasteiger partial charge in [0.2, 0.25) is 5.91 Å². The minimum atomic E-state index is -0.553. The fourth-order valence-electron chi connectivity index (χ4n) is 2.71. The number of rotatable bonds is 3. The van der Waals surface area contributed by atoms with E-state index in [1.807, 2.05) is 52.0 Å². The number of hydrogen-bond donors (Lipinski definition) is 1. The van der Waals surface area contributed by atoms with Gasteiger partial charge >= 0.3 is 6.09 Å². The Morgan fingerprint density at radius 1 is 1.35 bits per heavy atom. The van der Waals surface area contributed by atoms with Crippen molar-refractivity contribution in [3.8, 4) is 0 Å². The molecule has 1 aromatic rings. The monoisotopic (exact) mass is 318 g/mol. The molecular formula is C18H26N2O3. The summed E-state index contributed by atoms with van der Waals surface area (Å²) < 4.78 is 5.39. The average Bonchev–Trinajstić information content (AvgIpc) is 2.92. The summed E-state index contributed by atoms with van der Waals surface area (Å²) in [5.74, 6) is -0.116. The van der Waals surface area contributed by atoms with Crippen LogP contribution in [-0.4, -0.2) is 35.1 Å². The van der Waals surface area contributed by atoms with Gasteiger partial charge in [-0.2, -0.15) is 0 Å². The number of hydrogen-bond acceptors (Lipinski definition) is 3. The van der Waals surface area contributed by atoms with Crippen molar-refractivity contribution in [1.82, 2.24) is 10.2 Å². The Hall–Kier alpha value is -2.04. The van der Waals surface area contributed by atoms with Crippen LogP contribution in [0.15, 0.2) is 24.3 Å². The van der Waals surface area contributed by atoms with E-state index in [1.165, 1.54) is 4.90 Å².